The van der Waals surface area contributed by atoms with Crippen LogP contribution in [-0.4, -0.2) is 125 Å². The van der Waals surface area contributed by atoms with Crippen molar-refractivity contribution >= 4 is 20.3 Å². The van der Waals surface area contributed by atoms with Crippen LogP contribution >= 0.6 is 0 Å². The molecule has 0 amide bonds. The summed E-state index contributed by atoms with van der Waals surface area (Å²) in [4.78, 5) is 9.44. The van der Waals surface area contributed by atoms with Gasteiger partial charge in [-0.05, 0) is 84.6 Å². The second kappa shape index (κ2) is 36.4. The fourth-order valence-corrected chi connectivity index (χ4v) is 7.34. The third kappa shape index (κ3) is 26.1. The molecule has 2 aromatic carbocycles. The van der Waals surface area contributed by atoms with Crippen molar-refractivity contribution < 1.29 is 103 Å². The van der Waals surface area contributed by atoms with Crippen LogP contribution in [0.5, 0.6) is 0 Å². The number of ether oxygens (including phenoxy) is 4. The number of benzene rings is 2. The largest absolute Gasteiger partial charge is 1.00 e. The fraction of sp³-hybridized carbons (Fsp3) is 0.275. The van der Waals surface area contributed by atoms with Crippen molar-refractivity contribution in [1.82, 2.24) is 78.2 Å². The van der Waals surface area contributed by atoms with Crippen LogP contribution in [0.3, 0.4) is 0 Å². The number of nitrogens with zero attached hydrogens (tertiary/aromatic N) is 16. The molecule has 0 aliphatic rings. The zero-order chi connectivity index (χ0) is 58.6. The van der Waals surface area contributed by atoms with E-state index in [0.717, 1.165) is 22.3 Å². The molecule has 84 heavy (non-hydrogen) atoms. The Kier molecular flexibility index (Phi) is 30.0. The molecule has 0 saturated heterocycles. The van der Waals surface area contributed by atoms with E-state index < -0.39 is 14.5 Å². The second-order valence-corrected chi connectivity index (χ2v) is 17.4. The predicted molar refractivity (Wildman–Crippen MR) is 284 cm³/mol. The normalized spacial score (nSPS) is 11.1. The van der Waals surface area contributed by atoms with Crippen LogP contribution in [0.2, 0.25) is 0 Å². The van der Waals surface area contributed by atoms with Gasteiger partial charge in [0.15, 0.2) is 24.7 Å². The summed E-state index contributed by atoms with van der Waals surface area (Å²) >= 11 is 0. The van der Waals surface area contributed by atoms with Crippen molar-refractivity contribution in [3.63, 3.8) is 0 Å². The van der Waals surface area contributed by atoms with Crippen LogP contribution in [0.1, 0.15) is 60.8 Å². The zero-order valence-corrected chi connectivity index (χ0v) is 47.9. The summed E-state index contributed by atoms with van der Waals surface area (Å²) in [6, 6.07) is 31.6. The summed E-state index contributed by atoms with van der Waals surface area (Å²) in [7, 11) is -12.0. The Bertz CT molecular complexity index is 2610. The Labute approximate surface area is 508 Å². The topological polar surface area (TPSA) is 197 Å². The third-order valence-corrected chi connectivity index (χ3v) is 10.8. The van der Waals surface area contributed by atoms with Crippen LogP contribution in [0.4, 0.5) is 34.5 Å². The molecule has 21 nitrogen and oxygen atoms in total. The molecule has 33 heteroatoms. The smallest absolute Gasteiger partial charge is 0.418 e. The minimum Gasteiger partial charge on any atom is -0.418 e. The van der Waals surface area contributed by atoms with E-state index in [1.165, 1.54) is 13.8 Å². The van der Waals surface area contributed by atoms with Crippen molar-refractivity contribution in [3.05, 3.63) is 218 Å². The van der Waals surface area contributed by atoms with E-state index in [1.807, 2.05) is 136 Å². The van der Waals surface area contributed by atoms with Gasteiger partial charge in [0.1, 0.15) is 5.78 Å². The van der Waals surface area contributed by atoms with Gasteiger partial charge in [0.2, 0.25) is 0 Å². The molecule has 0 aliphatic heterocycles. The maximum absolute atomic E-state index is 9.75. The fourth-order valence-electron chi connectivity index (χ4n) is 7.34. The zero-order valence-electron chi connectivity index (χ0n) is 44.9. The maximum atomic E-state index is 9.75. The van der Waals surface area contributed by atoms with Crippen molar-refractivity contribution in [2.45, 2.75) is 64.9 Å². The van der Waals surface area contributed by atoms with Crippen molar-refractivity contribution in [3.8, 4) is 0 Å². The Morgan fingerprint density at radius 3 is 0.583 bits per heavy atom. The van der Waals surface area contributed by atoms with Crippen molar-refractivity contribution in [2.75, 3.05) is 26.4 Å². The summed E-state index contributed by atoms with van der Waals surface area (Å²) < 4.78 is 117. The van der Waals surface area contributed by atoms with Gasteiger partial charge in [0.05, 0.1) is 52.9 Å². The van der Waals surface area contributed by atoms with Crippen LogP contribution in [0.25, 0.3) is 0 Å². The number of ketones is 1. The number of aromatic nitrogens is 16. The van der Waals surface area contributed by atoms with Gasteiger partial charge in [-0.25, -0.2) is 37.5 Å². The van der Waals surface area contributed by atoms with E-state index >= 15 is 0 Å². The van der Waals surface area contributed by atoms with Crippen LogP contribution in [0, 0.1) is 0 Å². The average Bonchev–Trinajstić information content (AvgIpc) is 4.47. The SMILES string of the molecule is CC(C)=O.F[B-](F)(F)F.F[B-](F)(F)F.[Ag+].[Ag+].c1cnn(C(COCc2ccc(COCC(n3cccn3)n3cccn3)cc2)n2cccn2)c1.c1cnn(C(COCc2ccc(COCC(n3cccn3)n3cccn3)cc2)n2cccn2)c1. The Balaban J connectivity index is 0.000000289. The molecular weight excluding hydrogens is 1310 g/mol. The first-order valence-corrected chi connectivity index (χ1v) is 25.1. The van der Waals surface area contributed by atoms with Crippen molar-refractivity contribution in [2.24, 2.45) is 0 Å². The van der Waals surface area contributed by atoms with Crippen molar-refractivity contribution in [1.29, 1.82) is 0 Å². The standard InChI is InChI=1S/2C24H26N8O2.C3H6O.2Ag.2BF4/c2*1-9-25-29(13-1)23(30-14-2-10-26-30)19-33-17-21-5-7-22(8-6-21)18-34-20-24(31-15-3-11-27-31)32-16-4-12-28-32;1-3(2)4;;;2*2-1(3,4)5/h2*1-16,23-24H,17-20H2;1-2H3;;;;/q;;;2*+1;2*-1. The minimum absolute atomic E-state index is 0. The van der Waals surface area contributed by atoms with Gasteiger partial charge in [-0.2, -0.15) is 40.8 Å². The maximum Gasteiger partial charge on any atom is 1.00 e. The van der Waals surface area contributed by atoms with Gasteiger partial charge in [0.25, 0.3) is 0 Å². The molecule has 0 spiro atoms. The van der Waals surface area contributed by atoms with Gasteiger partial charge in [-0.15, -0.1) is 0 Å². The van der Waals surface area contributed by atoms with Gasteiger partial charge < -0.3 is 58.3 Å². The Morgan fingerprint density at radius 1 is 0.345 bits per heavy atom. The molecule has 0 saturated carbocycles. The summed E-state index contributed by atoms with van der Waals surface area (Å²) in [5.41, 5.74) is 4.37. The summed E-state index contributed by atoms with van der Waals surface area (Å²) in [5, 5.41) is 34.7. The molecule has 10 aromatic rings. The quantitative estimate of drug-likeness (QED) is 0.0411. The summed E-state index contributed by atoms with van der Waals surface area (Å²) in [6.45, 7) is 6.88. The van der Waals surface area contributed by atoms with E-state index in [-0.39, 0.29) is 75.2 Å². The number of carbonyl (C=O) groups excluding carboxylic acids is 1. The first-order chi connectivity index (χ1) is 39.5. The van der Waals surface area contributed by atoms with Gasteiger partial charge in [-0.1, -0.05) is 48.5 Å². The third-order valence-electron chi connectivity index (χ3n) is 10.8. The molecule has 0 bridgehead atoms. The molecule has 0 atom stereocenters. The van der Waals surface area contributed by atoms with Crippen LogP contribution < -0.4 is 0 Å². The number of carbonyl (C=O) groups is 1. The van der Waals surface area contributed by atoms with E-state index in [0.29, 0.717) is 52.9 Å². The molecule has 0 N–H and O–H groups in total. The molecule has 456 valence electrons. The van der Waals surface area contributed by atoms with E-state index in [9.17, 15) is 39.3 Å². The first-order valence-electron chi connectivity index (χ1n) is 25.1. The summed E-state index contributed by atoms with van der Waals surface area (Å²) in [5.74, 6) is 0.167. The molecule has 0 radical (unpaired) electrons. The summed E-state index contributed by atoms with van der Waals surface area (Å²) in [6.07, 6.45) is 28.8. The van der Waals surface area contributed by atoms with E-state index in [4.69, 9.17) is 18.9 Å². The average molecular weight is 1360 g/mol. The Hall–Kier alpha value is -7.32. The Morgan fingerprint density at radius 2 is 0.476 bits per heavy atom. The number of hydrogen-bond acceptors (Lipinski definition) is 13. The number of rotatable bonds is 24. The number of Topliss-reactive ketones (excluding diaryl/α,β-unsaturated/α-hetero) is 1. The molecule has 8 aromatic heterocycles. The number of hydrogen-bond donors (Lipinski definition) is 0. The van der Waals surface area contributed by atoms with Gasteiger partial charge in [0, 0.05) is 99.1 Å². The van der Waals surface area contributed by atoms with Crippen LogP contribution in [-0.2, 0) is 94.9 Å². The minimum atomic E-state index is -6.00. The molecular formula is C51H58Ag2B2F8N16O5. The second-order valence-electron chi connectivity index (χ2n) is 17.4. The van der Waals surface area contributed by atoms with E-state index in [2.05, 4.69) is 89.3 Å². The molecule has 0 unspecified atom stereocenters. The predicted octanol–water partition coefficient (Wildman–Crippen LogP) is 9.19. The molecule has 0 fully saturated rings. The molecule has 10 rings (SSSR count). The molecule has 0 aliphatic carbocycles. The monoisotopic (exact) mass is 1360 g/mol. The van der Waals surface area contributed by atoms with Gasteiger partial charge in [-0.3, -0.25) is 0 Å². The van der Waals surface area contributed by atoms with E-state index in [1.54, 1.807) is 49.6 Å². The number of halogens is 8. The molecule has 8 heterocycles. The van der Waals surface area contributed by atoms with Gasteiger partial charge >= 0.3 is 59.3 Å². The first kappa shape index (κ1) is 69.2. The van der Waals surface area contributed by atoms with Crippen LogP contribution in [0.15, 0.2) is 196 Å².